The van der Waals surface area contributed by atoms with E-state index in [2.05, 4.69) is 34.8 Å². The molecule has 0 atom stereocenters. The van der Waals surface area contributed by atoms with Crippen LogP contribution in [-0.2, 0) is 4.74 Å². The summed E-state index contributed by atoms with van der Waals surface area (Å²) in [6.07, 6.45) is 0.886. The number of nitrogens with zero attached hydrogens (tertiary/aromatic N) is 1. The predicted octanol–water partition coefficient (Wildman–Crippen LogP) is 2.04. The summed E-state index contributed by atoms with van der Waals surface area (Å²) in [6.45, 7) is 10.4. The normalized spacial score (nSPS) is 11.4. The SMILES string of the molecule is CCNC(=NCCCOCC(C)C)NCCNC(=O)c1ccc(OC)cc1. The van der Waals surface area contributed by atoms with Crippen molar-refractivity contribution in [1.82, 2.24) is 16.0 Å². The second-order valence-corrected chi connectivity index (χ2v) is 6.49. The van der Waals surface area contributed by atoms with Crippen LogP contribution in [0.25, 0.3) is 0 Å². The summed E-state index contributed by atoms with van der Waals surface area (Å²) in [7, 11) is 1.60. The lowest BCUT2D eigenvalue weighted by atomic mass is 10.2. The van der Waals surface area contributed by atoms with E-state index in [-0.39, 0.29) is 5.91 Å². The first-order valence-corrected chi connectivity index (χ1v) is 9.59. The number of rotatable bonds is 12. The Kier molecular flexibility index (Phi) is 11.7. The van der Waals surface area contributed by atoms with Gasteiger partial charge in [-0.2, -0.15) is 0 Å². The van der Waals surface area contributed by atoms with Gasteiger partial charge >= 0.3 is 0 Å². The molecule has 0 spiro atoms. The van der Waals surface area contributed by atoms with Gasteiger partial charge in [0.1, 0.15) is 5.75 Å². The number of aliphatic imine (C=N–C) groups is 1. The molecule has 27 heavy (non-hydrogen) atoms. The van der Waals surface area contributed by atoms with Crippen LogP contribution in [-0.4, -0.2) is 58.4 Å². The Morgan fingerprint density at radius 2 is 1.81 bits per heavy atom. The summed E-state index contributed by atoms with van der Waals surface area (Å²) < 4.78 is 10.6. The third-order valence-corrected chi connectivity index (χ3v) is 3.57. The molecule has 0 heterocycles. The average molecular weight is 379 g/mol. The Bertz CT molecular complexity index is 559. The van der Waals surface area contributed by atoms with Crippen molar-refractivity contribution in [1.29, 1.82) is 0 Å². The number of hydrogen-bond acceptors (Lipinski definition) is 4. The summed E-state index contributed by atoms with van der Waals surface area (Å²) in [5.74, 6) is 1.93. The number of carbonyl (C=O) groups is 1. The van der Waals surface area contributed by atoms with Crippen LogP contribution in [0.3, 0.4) is 0 Å². The molecule has 1 amide bonds. The third-order valence-electron chi connectivity index (χ3n) is 3.57. The van der Waals surface area contributed by atoms with Gasteiger partial charge in [0.25, 0.3) is 5.91 Å². The second kappa shape index (κ2) is 13.9. The molecular weight excluding hydrogens is 344 g/mol. The van der Waals surface area contributed by atoms with Crippen LogP contribution in [0.15, 0.2) is 29.3 Å². The first kappa shape index (κ1) is 22.8. The molecular formula is C20H34N4O3. The zero-order chi connectivity index (χ0) is 19.9. The molecule has 1 aromatic carbocycles. The van der Waals surface area contributed by atoms with Crippen molar-refractivity contribution < 1.29 is 14.3 Å². The van der Waals surface area contributed by atoms with Crippen molar-refractivity contribution in [3.8, 4) is 5.75 Å². The largest absolute Gasteiger partial charge is 0.497 e. The van der Waals surface area contributed by atoms with Gasteiger partial charge < -0.3 is 25.4 Å². The molecule has 0 unspecified atom stereocenters. The molecule has 0 radical (unpaired) electrons. The van der Waals surface area contributed by atoms with Crippen LogP contribution < -0.4 is 20.7 Å². The van der Waals surface area contributed by atoms with E-state index in [0.717, 1.165) is 37.9 Å². The molecule has 3 N–H and O–H groups in total. The van der Waals surface area contributed by atoms with Gasteiger partial charge in [0.2, 0.25) is 0 Å². The number of methoxy groups -OCH3 is 1. The summed E-state index contributed by atoms with van der Waals surface area (Å²) in [4.78, 5) is 16.6. The molecule has 0 fully saturated rings. The molecule has 0 bridgehead atoms. The van der Waals surface area contributed by atoms with Gasteiger partial charge in [-0.3, -0.25) is 9.79 Å². The molecule has 0 aliphatic carbocycles. The lowest BCUT2D eigenvalue weighted by Gasteiger charge is -2.12. The zero-order valence-electron chi connectivity index (χ0n) is 17.0. The van der Waals surface area contributed by atoms with Gasteiger partial charge in [0, 0.05) is 45.0 Å². The van der Waals surface area contributed by atoms with Crippen molar-refractivity contribution in [3.63, 3.8) is 0 Å². The molecule has 1 aromatic rings. The summed E-state index contributed by atoms with van der Waals surface area (Å²) in [5, 5.41) is 9.30. The van der Waals surface area contributed by atoms with E-state index in [1.54, 1.807) is 31.4 Å². The number of guanidine groups is 1. The Labute approximate surface area is 162 Å². The molecule has 0 saturated carbocycles. The highest BCUT2D eigenvalue weighted by atomic mass is 16.5. The average Bonchev–Trinajstić information content (AvgIpc) is 2.67. The van der Waals surface area contributed by atoms with E-state index >= 15 is 0 Å². The van der Waals surface area contributed by atoms with E-state index in [4.69, 9.17) is 9.47 Å². The smallest absolute Gasteiger partial charge is 0.251 e. The molecule has 1 rings (SSSR count). The fourth-order valence-corrected chi connectivity index (χ4v) is 2.22. The first-order valence-electron chi connectivity index (χ1n) is 9.59. The third kappa shape index (κ3) is 10.5. The number of hydrogen-bond donors (Lipinski definition) is 3. The van der Waals surface area contributed by atoms with Crippen molar-refractivity contribution in [3.05, 3.63) is 29.8 Å². The van der Waals surface area contributed by atoms with Crippen LogP contribution in [0, 0.1) is 5.92 Å². The highest BCUT2D eigenvalue weighted by molar-refractivity contribution is 5.94. The Balaban J connectivity index is 2.26. The minimum atomic E-state index is -0.108. The maximum absolute atomic E-state index is 12.1. The molecule has 7 heteroatoms. The topological polar surface area (TPSA) is 84.0 Å². The van der Waals surface area contributed by atoms with Crippen molar-refractivity contribution in [2.24, 2.45) is 10.9 Å². The van der Waals surface area contributed by atoms with Gasteiger partial charge in [-0.1, -0.05) is 13.8 Å². The minimum absolute atomic E-state index is 0.108. The fraction of sp³-hybridized carbons (Fsp3) is 0.600. The monoisotopic (exact) mass is 378 g/mol. The maximum Gasteiger partial charge on any atom is 0.251 e. The standard InChI is InChI=1S/C20H34N4O3/c1-5-21-20(23-11-6-14-27-15-16(2)3)24-13-12-22-19(25)17-7-9-18(26-4)10-8-17/h7-10,16H,5-6,11-15H2,1-4H3,(H,22,25)(H2,21,23,24). The first-order chi connectivity index (χ1) is 13.1. The van der Waals surface area contributed by atoms with Crippen LogP contribution in [0.5, 0.6) is 5.75 Å². The Morgan fingerprint density at radius 3 is 2.44 bits per heavy atom. The van der Waals surface area contributed by atoms with Crippen LogP contribution in [0.4, 0.5) is 0 Å². The number of amides is 1. The Hall–Kier alpha value is -2.28. The lowest BCUT2D eigenvalue weighted by Crippen LogP contribution is -2.41. The van der Waals surface area contributed by atoms with E-state index in [9.17, 15) is 4.79 Å². The quantitative estimate of drug-likeness (QED) is 0.294. The number of ether oxygens (including phenoxy) is 2. The van der Waals surface area contributed by atoms with Crippen LogP contribution in [0.1, 0.15) is 37.6 Å². The highest BCUT2D eigenvalue weighted by Gasteiger charge is 2.05. The summed E-state index contributed by atoms with van der Waals surface area (Å²) in [6, 6.07) is 7.03. The van der Waals surface area contributed by atoms with Gasteiger partial charge in [0.15, 0.2) is 5.96 Å². The maximum atomic E-state index is 12.1. The summed E-state index contributed by atoms with van der Waals surface area (Å²) >= 11 is 0. The van der Waals surface area contributed by atoms with Crippen molar-refractivity contribution in [2.45, 2.75) is 27.2 Å². The highest BCUT2D eigenvalue weighted by Crippen LogP contribution is 2.10. The van der Waals surface area contributed by atoms with Crippen LogP contribution in [0.2, 0.25) is 0 Å². The fourth-order valence-electron chi connectivity index (χ4n) is 2.22. The molecule has 152 valence electrons. The van der Waals surface area contributed by atoms with E-state index in [1.807, 2.05) is 6.92 Å². The molecule has 0 aliphatic heterocycles. The minimum Gasteiger partial charge on any atom is -0.497 e. The molecule has 0 saturated heterocycles. The van der Waals surface area contributed by atoms with Crippen LogP contribution >= 0.6 is 0 Å². The van der Waals surface area contributed by atoms with Gasteiger partial charge in [-0.15, -0.1) is 0 Å². The molecule has 7 nitrogen and oxygen atoms in total. The predicted molar refractivity (Wildman–Crippen MR) is 110 cm³/mol. The Morgan fingerprint density at radius 1 is 1.11 bits per heavy atom. The van der Waals surface area contributed by atoms with Crippen molar-refractivity contribution >= 4 is 11.9 Å². The van der Waals surface area contributed by atoms with Gasteiger partial charge in [-0.25, -0.2) is 0 Å². The van der Waals surface area contributed by atoms with Gasteiger partial charge in [0.05, 0.1) is 7.11 Å². The van der Waals surface area contributed by atoms with E-state index in [0.29, 0.717) is 31.1 Å². The number of benzene rings is 1. The van der Waals surface area contributed by atoms with Gasteiger partial charge in [-0.05, 0) is 43.5 Å². The zero-order valence-corrected chi connectivity index (χ0v) is 17.0. The molecule has 0 aromatic heterocycles. The lowest BCUT2D eigenvalue weighted by molar-refractivity contribution is 0.0954. The second-order valence-electron chi connectivity index (χ2n) is 6.49. The summed E-state index contributed by atoms with van der Waals surface area (Å²) in [5.41, 5.74) is 0.609. The molecule has 0 aliphatic rings. The van der Waals surface area contributed by atoms with E-state index < -0.39 is 0 Å². The van der Waals surface area contributed by atoms with E-state index in [1.165, 1.54) is 0 Å². The number of nitrogens with one attached hydrogen (secondary N) is 3. The number of carbonyl (C=O) groups excluding carboxylic acids is 1. The van der Waals surface area contributed by atoms with Crippen molar-refractivity contribution in [2.75, 3.05) is 46.5 Å².